The van der Waals surface area contributed by atoms with Gasteiger partial charge < -0.3 is 5.32 Å². The van der Waals surface area contributed by atoms with Crippen LogP contribution in [-0.4, -0.2) is 39.1 Å². The Bertz CT molecular complexity index is 857. The van der Waals surface area contributed by atoms with Crippen molar-refractivity contribution in [2.75, 3.05) is 25.0 Å². The summed E-state index contributed by atoms with van der Waals surface area (Å²) in [5.74, 6) is 2.29. The number of anilines is 1. The Balaban J connectivity index is 1.35. The number of aryl methyl sites for hydroxylation is 1. The van der Waals surface area contributed by atoms with Gasteiger partial charge in [-0.25, -0.2) is 9.50 Å². The van der Waals surface area contributed by atoms with Gasteiger partial charge >= 0.3 is 0 Å². The highest BCUT2D eigenvalue weighted by Gasteiger charge is 2.26. The molecular weight excluding hydrogens is 322 g/mol. The molecular formula is C21H27N5. The number of likely N-dealkylation sites (tertiary alicyclic amines) is 1. The van der Waals surface area contributed by atoms with Crippen LogP contribution in [0, 0.1) is 18.8 Å². The minimum atomic E-state index is 0.672. The first-order valence-corrected chi connectivity index (χ1v) is 9.50. The molecule has 5 heteroatoms. The van der Waals surface area contributed by atoms with Gasteiger partial charge in [0.2, 0.25) is 0 Å². The molecule has 1 N–H and O–H groups in total. The van der Waals surface area contributed by atoms with Crippen LogP contribution in [0.4, 0.5) is 5.82 Å². The van der Waals surface area contributed by atoms with E-state index in [1.807, 2.05) is 29.9 Å². The molecule has 0 aliphatic carbocycles. The first kappa shape index (κ1) is 17.0. The maximum absolute atomic E-state index is 4.67. The number of nitrogens with one attached hydrogen (secondary N) is 1. The smallest absolute Gasteiger partial charge is 0.152 e. The van der Waals surface area contributed by atoms with Crippen molar-refractivity contribution in [2.45, 2.75) is 26.8 Å². The van der Waals surface area contributed by atoms with Crippen LogP contribution in [0.15, 0.2) is 48.8 Å². The van der Waals surface area contributed by atoms with Crippen molar-refractivity contribution in [2.24, 2.45) is 11.8 Å². The van der Waals surface area contributed by atoms with Crippen LogP contribution in [0.2, 0.25) is 0 Å². The third-order valence-corrected chi connectivity index (χ3v) is 5.46. The highest BCUT2D eigenvalue weighted by molar-refractivity contribution is 5.67. The van der Waals surface area contributed by atoms with E-state index in [4.69, 9.17) is 0 Å². The molecule has 1 fully saturated rings. The van der Waals surface area contributed by atoms with E-state index in [-0.39, 0.29) is 0 Å². The summed E-state index contributed by atoms with van der Waals surface area (Å²) in [5, 5.41) is 7.92. The van der Waals surface area contributed by atoms with Gasteiger partial charge in [0.05, 0.1) is 18.1 Å². The van der Waals surface area contributed by atoms with Crippen molar-refractivity contribution in [1.82, 2.24) is 19.5 Å². The standard InChI is InChI=1S/C21H27N5/c1-16-13-25(15-18-6-4-3-5-7-18)11-9-19(16)12-22-21-20-8-10-23-26(20)14-17(2)24-21/h3-8,10,14,16,19H,9,11-13,15H2,1-2H3,(H,22,24). The predicted octanol–water partition coefficient (Wildman–Crippen LogP) is 3.61. The van der Waals surface area contributed by atoms with Crippen molar-refractivity contribution < 1.29 is 0 Å². The zero-order valence-corrected chi connectivity index (χ0v) is 15.6. The summed E-state index contributed by atoms with van der Waals surface area (Å²) in [4.78, 5) is 7.25. The Morgan fingerprint density at radius 1 is 1.19 bits per heavy atom. The van der Waals surface area contributed by atoms with Crippen molar-refractivity contribution >= 4 is 11.3 Å². The molecule has 0 amide bonds. The van der Waals surface area contributed by atoms with Crippen LogP contribution < -0.4 is 5.32 Å². The van der Waals surface area contributed by atoms with E-state index in [9.17, 15) is 0 Å². The molecule has 136 valence electrons. The second kappa shape index (κ2) is 7.46. The number of benzene rings is 1. The largest absolute Gasteiger partial charge is 0.368 e. The minimum Gasteiger partial charge on any atom is -0.368 e. The fraction of sp³-hybridized carbons (Fsp3) is 0.429. The first-order valence-electron chi connectivity index (χ1n) is 9.50. The summed E-state index contributed by atoms with van der Waals surface area (Å²) in [7, 11) is 0. The third-order valence-electron chi connectivity index (χ3n) is 5.46. The molecule has 1 aliphatic heterocycles. The van der Waals surface area contributed by atoms with E-state index in [0.717, 1.165) is 43.2 Å². The molecule has 0 spiro atoms. The molecule has 5 nitrogen and oxygen atoms in total. The highest BCUT2D eigenvalue weighted by atomic mass is 15.2. The van der Waals surface area contributed by atoms with E-state index < -0.39 is 0 Å². The van der Waals surface area contributed by atoms with Crippen molar-refractivity contribution in [1.29, 1.82) is 0 Å². The number of rotatable bonds is 5. The van der Waals surface area contributed by atoms with E-state index >= 15 is 0 Å². The van der Waals surface area contributed by atoms with Gasteiger partial charge in [0.15, 0.2) is 5.82 Å². The second-order valence-corrected chi connectivity index (χ2v) is 7.52. The van der Waals surface area contributed by atoms with Crippen LogP contribution in [0.1, 0.15) is 24.6 Å². The summed E-state index contributed by atoms with van der Waals surface area (Å²) in [6.07, 6.45) is 5.01. The molecule has 2 atom stereocenters. The van der Waals surface area contributed by atoms with Gasteiger partial charge in [-0.2, -0.15) is 5.10 Å². The summed E-state index contributed by atoms with van der Waals surface area (Å²) < 4.78 is 1.90. The molecule has 3 aromatic rings. The lowest BCUT2D eigenvalue weighted by Gasteiger charge is -2.37. The molecule has 0 radical (unpaired) electrons. The number of aromatic nitrogens is 3. The molecule has 3 heterocycles. The quantitative estimate of drug-likeness (QED) is 0.764. The van der Waals surface area contributed by atoms with Gasteiger partial charge in [-0.15, -0.1) is 0 Å². The summed E-state index contributed by atoms with van der Waals surface area (Å²) in [5.41, 5.74) is 3.43. The zero-order valence-electron chi connectivity index (χ0n) is 15.6. The molecule has 26 heavy (non-hydrogen) atoms. The van der Waals surface area contributed by atoms with E-state index in [1.54, 1.807) is 0 Å². The lowest BCUT2D eigenvalue weighted by Crippen LogP contribution is -2.41. The second-order valence-electron chi connectivity index (χ2n) is 7.52. The van der Waals surface area contributed by atoms with Crippen molar-refractivity contribution in [3.05, 3.63) is 60.0 Å². The number of hydrogen-bond acceptors (Lipinski definition) is 4. The predicted molar refractivity (Wildman–Crippen MR) is 105 cm³/mol. The van der Waals surface area contributed by atoms with Gasteiger partial charge in [0.1, 0.15) is 5.52 Å². The lowest BCUT2D eigenvalue weighted by atomic mass is 9.86. The molecule has 2 aromatic heterocycles. The van der Waals surface area contributed by atoms with Crippen LogP contribution in [0.3, 0.4) is 0 Å². The fourth-order valence-electron chi connectivity index (χ4n) is 3.97. The van der Waals surface area contributed by atoms with Crippen LogP contribution in [-0.2, 0) is 6.54 Å². The molecule has 1 aromatic carbocycles. The minimum absolute atomic E-state index is 0.672. The van der Waals surface area contributed by atoms with Crippen LogP contribution >= 0.6 is 0 Å². The van der Waals surface area contributed by atoms with Gasteiger partial charge in [0.25, 0.3) is 0 Å². The Morgan fingerprint density at radius 3 is 2.85 bits per heavy atom. The Hall–Kier alpha value is -2.40. The SMILES string of the molecule is Cc1cn2nccc2c(NCC2CCN(Cc3ccccc3)CC2C)n1. The molecule has 1 saturated heterocycles. The molecule has 2 unspecified atom stereocenters. The zero-order chi connectivity index (χ0) is 17.9. The number of fused-ring (bicyclic) bond motifs is 1. The maximum Gasteiger partial charge on any atom is 0.152 e. The average molecular weight is 349 g/mol. The first-order chi connectivity index (χ1) is 12.7. The van der Waals surface area contributed by atoms with Gasteiger partial charge in [-0.05, 0) is 43.4 Å². The maximum atomic E-state index is 4.67. The normalized spacial score (nSPS) is 21.2. The van der Waals surface area contributed by atoms with Gasteiger partial charge in [-0.3, -0.25) is 4.90 Å². The summed E-state index contributed by atoms with van der Waals surface area (Å²) in [6.45, 7) is 8.73. The van der Waals surface area contributed by atoms with Gasteiger partial charge in [-0.1, -0.05) is 37.3 Å². The summed E-state index contributed by atoms with van der Waals surface area (Å²) in [6, 6.07) is 12.8. The fourth-order valence-corrected chi connectivity index (χ4v) is 3.97. The van der Waals surface area contributed by atoms with Crippen LogP contribution in [0.25, 0.3) is 5.52 Å². The summed E-state index contributed by atoms with van der Waals surface area (Å²) >= 11 is 0. The molecule has 1 aliphatic rings. The van der Waals surface area contributed by atoms with Crippen LogP contribution in [0.5, 0.6) is 0 Å². The van der Waals surface area contributed by atoms with Gasteiger partial charge in [0, 0.05) is 19.6 Å². The lowest BCUT2D eigenvalue weighted by molar-refractivity contribution is 0.129. The highest BCUT2D eigenvalue weighted by Crippen LogP contribution is 2.25. The van der Waals surface area contributed by atoms with E-state index in [1.165, 1.54) is 12.0 Å². The third kappa shape index (κ3) is 3.73. The molecule has 0 bridgehead atoms. The Labute approximate surface area is 155 Å². The van der Waals surface area contributed by atoms with Crippen molar-refractivity contribution in [3.63, 3.8) is 0 Å². The molecule has 0 saturated carbocycles. The monoisotopic (exact) mass is 349 g/mol. The number of nitrogens with zero attached hydrogens (tertiary/aromatic N) is 4. The number of hydrogen-bond donors (Lipinski definition) is 1. The van der Waals surface area contributed by atoms with E-state index in [2.05, 4.69) is 57.6 Å². The van der Waals surface area contributed by atoms with Crippen molar-refractivity contribution in [3.8, 4) is 0 Å². The van der Waals surface area contributed by atoms with E-state index in [0.29, 0.717) is 11.8 Å². The Kier molecular flexibility index (Phi) is 4.89. The number of piperidine rings is 1. The average Bonchev–Trinajstić information content (AvgIpc) is 3.10. The Morgan fingerprint density at radius 2 is 2.04 bits per heavy atom. The topological polar surface area (TPSA) is 45.5 Å². The molecule has 4 rings (SSSR count).